The van der Waals surface area contributed by atoms with Crippen LogP contribution in [-0.4, -0.2) is 29.9 Å². The lowest BCUT2D eigenvalue weighted by Crippen LogP contribution is -2.42. The first-order valence-electron chi connectivity index (χ1n) is 9.05. The molecule has 146 valence electrons. The predicted octanol–water partition coefficient (Wildman–Crippen LogP) is 4.54. The largest absolute Gasteiger partial charge is 0.488 e. The molecule has 2 aromatic rings. The third kappa shape index (κ3) is 5.61. The smallest absolute Gasteiger partial charge is 0.257 e. The van der Waals surface area contributed by atoms with E-state index in [-0.39, 0.29) is 24.4 Å². The minimum atomic E-state index is 0. The van der Waals surface area contributed by atoms with Gasteiger partial charge in [-0.2, -0.15) is 0 Å². The first-order chi connectivity index (χ1) is 12.5. The monoisotopic (exact) mass is 408 g/mol. The highest BCUT2D eigenvalue weighted by molar-refractivity contribution is 6.30. The predicted molar refractivity (Wildman–Crippen MR) is 112 cm³/mol. The molecule has 1 unspecified atom stereocenters. The van der Waals surface area contributed by atoms with E-state index in [0.29, 0.717) is 28.9 Å². The molecule has 1 amide bonds. The number of hydrogen-bond donors (Lipinski definition) is 1. The number of para-hydroxylation sites is 1. The first-order valence-corrected chi connectivity index (χ1v) is 9.43. The number of rotatable bonds is 5. The summed E-state index contributed by atoms with van der Waals surface area (Å²) in [4.78, 5) is 14.9. The molecular formula is C21H26Cl2N2O2. The normalized spacial score (nSPS) is 15.7. The van der Waals surface area contributed by atoms with E-state index < -0.39 is 0 Å². The van der Waals surface area contributed by atoms with E-state index >= 15 is 0 Å². The maximum Gasteiger partial charge on any atom is 0.257 e. The van der Waals surface area contributed by atoms with Crippen LogP contribution in [-0.2, 0) is 6.61 Å². The summed E-state index contributed by atoms with van der Waals surface area (Å²) in [7, 11) is 0. The standard InChI is InChI=1S/C21H25ClN2O2.ClH/c1-15(23)17-10-12-24(13-11-17)21(25)19-4-2-3-5-20(19)26-14-16-6-8-18(22)9-7-16;/h2-9,15,17H,10-14,23H2,1H3;1H. The molecule has 2 aromatic carbocycles. The molecule has 6 heteroatoms. The fourth-order valence-electron chi connectivity index (χ4n) is 3.31. The number of benzene rings is 2. The Bertz CT molecular complexity index is 742. The fourth-order valence-corrected chi connectivity index (χ4v) is 3.44. The van der Waals surface area contributed by atoms with Crippen LogP contribution in [0.5, 0.6) is 5.75 Å². The molecule has 0 bridgehead atoms. The number of carbonyl (C=O) groups is 1. The first kappa shape index (κ1) is 21.5. The zero-order valence-electron chi connectivity index (χ0n) is 15.4. The van der Waals surface area contributed by atoms with Gasteiger partial charge < -0.3 is 15.4 Å². The highest BCUT2D eigenvalue weighted by Crippen LogP contribution is 2.25. The third-order valence-electron chi connectivity index (χ3n) is 5.00. The van der Waals surface area contributed by atoms with Gasteiger partial charge >= 0.3 is 0 Å². The number of ether oxygens (including phenoxy) is 1. The lowest BCUT2D eigenvalue weighted by Gasteiger charge is -2.34. The molecular weight excluding hydrogens is 383 g/mol. The molecule has 0 aliphatic carbocycles. The van der Waals surface area contributed by atoms with Gasteiger partial charge in [0.05, 0.1) is 5.56 Å². The van der Waals surface area contributed by atoms with Crippen LogP contribution in [0.1, 0.15) is 35.7 Å². The molecule has 3 rings (SSSR count). The highest BCUT2D eigenvalue weighted by Gasteiger charge is 2.26. The number of amides is 1. The summed E-state index contributed by atoms with van der Waals surface area (Å²) in [5, 5.41) is 0.694. The molecule has 1 aliphatic rings. The van der Waals surface area contributed by atoms with Crippen molar-refractivity contribution in [3.63, 3.8) is 0 Å². The van der Waals surface area contributed by atoms with Gasteiger partial charge in [0.15, 0.2) is 0 Å². The van der Waals surface area contributed by atoms with Crippen LogP contribution >= 0.6 is 24.0 Å². The van der Waals surface area contributed by atoms with E-state index in [4.69, 9.17) is 22.1 Å². The SMILES string of the molecule is CC(N)C1CCN(C(=O)c2ccccc2OCc2ccc(Cl)cc2)CC1.Cl. The van der Waals surface area contributed by atoms with Gasteiger partial charge in [-0.3, -0.25) is 4.79 Å². The zero-order valence-corrected chi connectivity index (χ0v) is 17.0. The Hall–Kier alpha value is -1.75. The molecule has 0 spiro atoms. The maximum absolute atomic E-state index is 13.0. The van der Waals surface area contributed by atoms with Crippen LogP contribution in [0, 0.1) is 5.92 Å². The number of likely N-dealkylation sites (tertiary alicyclic amines) is 1. The highest BCUT2D eigenvalue weighted by atomic mass is 35.5. The van der Waals surface area contributed by atoms with Crippen LogP contribution in [0.4, 0.5) is 0 Å². The Balaban J connectivity index is 0.00000261. The minimum absolute atomic E-state index is 0. The Morgan fingerprint density at radius 1 is 1.19 bits per heavy atom. The lowest BCUT2D eigenvalue weighted by atomic mass is 9.90. The van der Waals surface area contributed by atoms with Gasteiger partial charge in [0.1, 0.15) is 12.4 Å². The van der Waals surface area contributed by atoms with Gasteiger partial charge in [0, 0.05) is 24.2 Å². The van der Waals surface area contributed by atoms with Crippen molar-refractivity contribution in [2.24, 2.45) is 11.7 Å². The van der Waals surface area contributed by atoms with Crippen molar-refractivity contribution in [1.82, 2.24) is 4.90 Å². The molecule has 4 nitrogen and oxygen atoms in total. The molecule has 1 fully saturated rings. The van der Waals surface area contributed by atoms with Crippen molar-refractivity contribution in [3.8, 4) is 5.75 Å². The Kier molecular flexibility index (Phi) is 7.96. The van der Waals surface area contributed by atoms with Gasteiger partial charge in [-0.05, 0) is 55.5 Å². The van der Waals surface area contributed by atoms with E-state index in [0.717, 1.165) is 31.5 Å². The second-order valence-corrected chi connectivity index (χ2v) is 7.34. The number of nitrogens with zero attached hydrogens (tertiary/aromatic N) is 1. The van der Waals surface area contributed by atoms with Crippen molar-refractivity contribution in [1.29, 1.82) is 0 Å². The maximum atomic E-state index is 13.0. The number of carbonyl (C=O) groups excluding carboxylic acids is 1. The quantitative estimate of drug-likeness (QED) is 0.789. The summed E-state index contributed by atoms with van der Waals surface area (Å²) >= 11 is 5.91. The third-order valence-corrected chi connectivity index (χ3v) is 5.25. The Labute approximate surface area is 172 Å². The molecule has 1 heterocycles. The van der Waals surface area contributed by atoms with Crippen molar-refractivity contribution >= 4 is 29.9 Å². The van der Waals surface area contributed by atoms with Gasteiger partial charge in [-0.25, -0.2) is 0 Å². The fraction of sp³-hybridized carbons (Fsp3) is 0.381. The minimum Gasteiger partial charge on any atom is -0.488 e. The van der Waals surface area contributed by atoms with Crippen molar-refractivity contribution in [2.75, 3.05) is 13.1 Å². The van der Waals surface area contributed by atoms with Gasteiger partial charge in [0.25, 0.3) is 5.91 Å². The second kappa shape index (κ2) is 9.98. The molecule has 1 saturated heterocycles. The van der Waals surface area contributed by atoms with E-state index in [2.05, 4.69) is 0 Å². The number of nitrogens with two attached hydrogens (primary N) is 1. The summed E-state index contributed by atoms with van der Waals surface area (Å²) in [6.07, 6.45) is 1.91. The lowest BCUT2D eigenvalue weighted by molar-refractivity contribution is 0.0676. The number of halogens is 2. The van der Waals surface area contributed by atoms with Gasteiger partial charge in [-0.1, -0.05) is 35.9 Å². The van der Waals surface area contributed by atoms with Crippen LogP contribution in [0.2, 0.25) is 5.02 Å². The summed E-state index contributed by atoms with van der Waals surface area (Å²) < 4.78 is 5.92. The molecule has 0 radical (unpaired) electrons. The van der Waals surface area contributed by atoms with Gasteiger partial charge in [-0.15, -0.1) is 12.4 Å². The molecule has 1 aliphatic heterocycles. The second-order valence-electron chi connectivity index (χ2n) is 6.90. The van der Waals surface area contributed by atoms with Crippen LogP contribution in [0.3, 0.4) is 0 Å². The average molecular weight is 409 g/mol. The van der Waals surface area contributed by atoms with Crippen LogP contribution in [0.15, 0.2) is 48.5 Å². The Morgan fingerprint density at radius 3 is 2.44 bits per heavy atom. The molecule has 0 aromatic heterocycles. The van der Waals surface area contributed by atoms with Gasteiger partial charge in [0.2, 0.25) is 0 Å². The van der Waals surface area contributed by atoms with Crippen LogP contribution in [0.25, 0.3) is 0 Å². The number of hydrogen-bond acceptors (Lipinski definition) is 3. The average Bonchev–Trinajstić information content (AvgIpc) is 2.67. The Morgan fingerprint density at radius 2 is 1.81 bits per heavy atom. The van der Waals surface area contributed by atoms with E-state index in [9.17, 15) is 4.79 Å². The molecule has 27 heavy (non-hydrogen) atoms. The molecule has 0 saturated carbocycles. The summed E-state index contributed by atoms with van der Waals surface area (Å²) in [5.74, 6) is 1.14. The van der Waals surface area contributed by atoms with E-state index in [1.807, 2.05) is 60.4 Å². The summed E-state index contributed by atoms with van der Waals surface area (Å²) in [6, 6.07) is 15.1. The van der Waals surface area contributed by atoms with Crippen LogP contribution < -0.4 is 10.5 Å². The van der Waals surface area contributed by atoms with Crippen molar-refractivity contribution in [3.05, 3.63) is 64.7 Å². The molecule has 1 atom stereocenters. The van der Waals surface area contributed by atoms with Crippen molar-refractivity contribution < 1.29 is 9.53 Å². The van der Waals surface area contributed by atoms with E-state index in [1.54, 1.807) is 0 Å². The summed E-state index contributed by atoms with van der Waals surface area (Å²) in [5.41, 5.74) is 7.62. The zero-order chi connectivity index (χ0) is 18.5. The summed E-state index contributed by atoms with van der Waals surface area (Å²) in [6.45, 7) is 3.93. The van der Waals surface area contributed by atoms with Crippen molar-refractivity contribution in [2.45, 2.75) is 32.4 Å². The van der Waals surface area contributed by atoms with E-state index in [1.165, 1.54) is 0 Å². The molecule has 2 N–H and O–H groups in total. The topological polar surface area (TPSA) is 55.6 Å². The number of piperidine rings is 1.